The molecule has 3 atom stereocenters. The highest BCUT2D eigenvalue weighted by atomic mass is 16.3. The molecule has 2 aliphatic carbocycles. The molecule has 2 heteroatoms. The van der Waals surface area contributed by atoms with Crippen LogP contribution in [-0.4, -0.2) is 11.1 Å². The minimum atomic E-state index is 0.0530. The molecule has 0 unspecified atom stereocenters. The van der Waals surface area contributed by atoms with Crippen LogP contribution in [0.4, 0.5) is 0 Å². The lowest BCUT2D eigenvalue weighted by Gasteiger charge is -2.47. The first kappa shape index (κ1) is 12.0. The highest BCUT2D eigenvalue weighted by Crippen LogP contribution is 2.46. The molecular weight excluding hydrogens is 222 g/mol. The van der Waals surface area contributed by atoms with Crippen LogP contribution in [0, 0.1) is 5.92 Å². The molecule has 3 N–H and O–H groups in total. The van der Waals surface area contributed by atoms with Gasteiger partial charge in [-0.15, -0.1) is 0 Å². The van der Waals surface area contributed by atoms with Crippen LogP contribution in [0.15, 0.2) is 18.2 Å². The molecule has 1 aromatic carbocycles. The van der Waals surface area contributed by atoms with Crippen molar-refractivity contribution in [2.45, 2.75) is 56.9 Å². The summed E-state index contributed by atoms with van der Waals surface area (Å²) in [7, 11) is 0. The largest absolute Gasteiger partial charge is 0.508 e. The fourth-order valence-electron chi connectivity index (χ4n) is 4.04. The van der Waals surface area contributed by atoms with Gasteiger partial charge in [0, 0.05) is 11.5 Å². The Kier molecular flexibility index (Phi) is 2.86. The smallest absolute Gasteiger partial charge is 0.115 e. The standard InChI is InChI=1S/C16H23NO/c1-16-8-4-2-3-5-12(15(16)17)9-11-6-7-13(18)10-14(11)16/h6-7,10,12,15,18H,2-5,8-9,17H2,1H3/t12-,15+,16+/m0/s1. The zero-order valence-corrected chi connectivity index (χ0v) is 11.2. The van der Waals surface area contributed by atoms with Crippen LogP contribution >= 0.6 is 0 Å². The van der Waals surface area contributed by atoms with E-state index < -0.39 is 0 Å². The third-order valence-electron chi connectivity index (χ3n) is 5.21. The molecule has 1 aromatic rings. The summed E-state index contributed by atoms with van der Waals surface area (Å²) >= 11 is 0. The van der Waals surface area contributed by atoms with Crippen molar-refractivity contribution in [2.75, 3.05) is 0 Å². The van der Waals surface area contributed by atoms with Gasteiger partial charge < -0.3 is 10.8 Å². The summed E-state index contributed by atoms with van der Waals surface area (Å²) < 4.78 is 0. The molecule has 0 aromatic heterocycles. The van der Waals surface area contributed by atoms with Crippen LogP contribution in [0.3, 0.4) is 0 Å². The number of hydrogen-bond acceptors (Lipinski definition) is 2. The van der Waals surface area contributed by atoms with E-state index >= 15 is 0 Å². The summed E-state index contributed by atoms with van der Waals surface area (Å²) in [4.78, 5) is 0. The molecule has 3 rings (SSSR count). The predicted molar refractivity (Wildman–Crippen MR) is 73.7 cm³/mol. The number of rotatable bonds is 0. The van der Waals surface area contributed by atoms with E-state index in [1.807, 2.05) is 12.1 Å². The molecule has 1 saturated carbocycles. The van der Waals surface area contributed by atoms with Gasteiger partial charge in [-0.2, -0.15) is 0 Å². The minimum absolute atomic E-state index is 0.0530. The second kappa shape index (κ2) is 4.27. The zero-order valence-electron chi connectivity index (χ0n) is 11.2. The van der Waals surface area contributed by atoms with E-state index in [1.54, 1.807) is 0 Å². The van der Waals surface area contributed by atoms with E-state index in [0.29, 0.717) is 11.7 Å². The maximum Gasteiger partial charge on any atom is 0.115 e. The fourth-order valence-corrected chi connectivity index (χ4v) is 4.04. The topological polar surface area (TPSA) is 46.2 Å². The van der Waals surface area contributed by atoms with Gasteiger partial charge >= 0.3 is 0 Å². The van der Waals surface area contributed by atoms with Crippen molar-refractivity contribution in [1.82, 2.24) is 0 Å². The zero-order chi connectivity index (χ0) is 12.8. The first-order valence-corrected chi connectivity index (χ1v) is 7.19. The summed E-state index contributed by atoms with van der Waals surface area (Å²) in [5.74, 6) is 0.995. The van der Waals surface area contributed by atoms with E-state index in [2.05, 4.69) is 13.0 Å². The van der Waals surface area contributed by atoms with Crippen molar-refractivity contribution < 1.29 is 5.11 Å². The maximum atomic E-state index is 9.77. The van der Waals surface area contributed by atoms with Crippen molar-refractivity contribution in [3.05, 3.63) is 29.3 Å². The van der Waals surface area contributed by atoms with Gasteiger partial charge in [0.1, 0.15) is 5.75 Å². The van der Waals surface area contributed by atoms with Gasteiger partial charge in [0.25, 0.3) is 0 Å². The van der Waals surface area contributed by atoms with Gasteiger partial charge in [0.05, 0.1) is 0 Å². The van der Waals surface area contributed by atoms with Gasteiger partial charge in [-0.3, -0.25) is 0 Å². The Morgan fingerprint density at radius 2 is 2.11 bits per heavy atom. The SMILES string of the molecule is C[C@@]12CCCCC[C@@H](Cc3ccc(O)cc31)[C@H]2N. The summed E-state index contributed by atoms with van der Waals surface area (Å²) in [5, 5.41) is 9.77. The third-order valence-corrected chi connectivity index (χ3v) is 5.21. The van der Waals surface area contributed by atoms with Crippen molar-refractivity contribution in [3.63, 3.8) is 0 Å². The van der Waals surface area contributed by atoms with Crippen LogP contribution in [0.25, 0.3) is 0 Å². The second-order valence-electron chi connectivity index (χ2n) is 6.35. The average molecular weight is 245 g/mol. The molecule has 2 bridgehead atoms. The molecule has 2 aliphatic rings. The molecule has 0 saturated heterocycles. The lowest BCUT2D eigenvalue weighted by Crippen LogP contribution is -2.52. The number of phenolic OH excluding ortho intramolecular Hbond substituents is 1. The van der Waals surface area contributed by atoms with Crippen molar-refractivity contribution in [2.24, 2.45) is 11.7 Å². The van der Waals surface area contributed by atoms with Gasteiger partial charge in [-0.1, -0.05) is 32.3 Å². The summed E-state index contributed by atoms with van der Waals surface area (Å²) in [6.45, 7) is 2.30. The molecule has 0 radical (unpaired) electrons. The Bertz CT molecular complexity index is 456. The van der Waals surface area contributed by atoms with Gasteiger partial charge in [0.2, 0.25) is 0 Å². The Hall–Kier alpha value is -1.02. The Balaban J connectivity index is 2.11. The minimum Gasteiger partial charge on any atom is -0.508 e. The second-order valence-corrected chi connectivity index (χ2v) is 6.35. The van der Waals surface area contributed by atoms with Crippen LogP contribution in [0.1, 0.15) is 50.2 Å². The average Bonchev–Trinajstić information content (AvgIpc) is 2.35. The highest BCUT2D eigenvalue weighted by Gasteiger charge is 2.43. The number of nitrogens with two attached hydrogens (primary N) is 1. The van der Waals surface area contributed by atoms with E-state index in [-0.39, 0.29) is 11.5 Å². The fraction of sp³-hybridized carbons (Fsp3) is 0.625. The van der Waals surface area contributed by atoms with E-state index in [9.17, 15) is 5.11 Å². The number of aromatic hydroxyl groups is 1. The molecular formula is C16H23NO. The molecule has 1 fully saturated rings. The normalized spacial score (nSPS) is 35.4. The number of benzene rings is 1. The van der Waals surface area contributed by atoms with Crippen molar-refractivity contribution in [3.8, 4) is 5.75 Å². The Morgan fingerprint density at radius 1 is 1.28 bits per heavy atom. The lowest BCUT2D eigenvalue weighted by atomic mass is 9.60. The Labute approximate surface area is 109 Å². The number of hydrogen-bond donors (Lipinski definition) is 2. The first-order valence-electron chi connectivity index (χ1n) is 7.19. The summed E-state index contributed by atoms with van der Waals surface area (Å²) in [6, 6.07) is 6.11. The molecule has 0 heterocycles. The molecule has 0 aliphatic heterocycles. The van der Waals surface area contributed by atoms with E-state index in [4.69, 9.17) is 5.73 Å². The molecule has 18 heavy (non-hydrogen) atoms. The monoisotopic (exact) mass is 245 g/mol. The lowest BCUT2D eigenvalue weighted by molar-refractivity contribution is 0.201. The molecule has 98 valence electrons. The summed E-state index contributed by atoms with van der Waals surface area (Å²) in [5.41, 5.74) is 9.33. The van der Waals surface area contributed by atoms with Crippen LogP contribution in [0.5, 0.6) is 5.75 Å². The Morgan fingerprint density at radius 3 is 2.94 bits per heavy atom. The third kappa shape index (κ3) is 1.74. The highest BCUT2D eigenvalue weighted by molar-refractivity contribution is 5.43. The number of phenols is 1. The first-order chi connectivity index (χ1) is 8.61. The predicted octanol–water partition coefficient (Wildman–Crippen LogP) is 3.11. The van der Waals surface area contributed by atoms with Gasteiger partial charge in [-0.05, 0) is 48.4 Å². The molecule has 2 nitrogen and oxygen atoms in total. The summed E-state index contributed by atoms with van der Waals surface area (Å²) in [6.07, 6.45) is 7.41. The van der Waals surface area contributed by atoms with Crippen LogP contribution in [0.2, 0.25) is 0 Å². The van der Waals surface area contributed by atoms with Crippen molar-refractivity contribution in [1.29, 1.82) is 0 Å². The van der Waals surface area contributed by atoms with Crippen molar-refractivity contribution >= 4 is 0 Å². The molecule has 0 spiro atoms. The maximum absolute atomic E-state index is 9.77. The van der Waals surface area contributed by atoms with Gasteiger partial charge in [-0.25, -0.2) is 0 Å². The van der Waals surface area contributed by atoms with Crippen LogP contribution in [-0.2, 0) is 11.8 Å². The quantitative estimate of drug-likeness (QED) is 0.737. The number of fused-ring (bicyclic) bond motifs is 4. The van der Waals surface area contributed by atoms with E-state index in [1.165, 1.54) is 36.8 Å². The van der Waals surface area contributed by atoms with Crippen LogP contribution < -0.4 is 5.73 Å². The van der Waals surface area contributed by atoms with E-state index in [0.717, 1.165) is 12.8 Å². The van der Waals surface area contributed by atoms with Gasteiger partial charge in [0.15, 0.2) is 0 Å². The molecule has 0 amide bonds.